The van der Waals surface area contributed by atoms with Gasteiger partial charge in [-0.25, -0.2) is 0 Å². The number of rotatable bonds is 1. The summed E-state index contributed by atoms with van der Waals surface area (Å²) < 4.78 is 0. The van der Waals surface area contributed by atoms with Crippen molar-refractivity contribution in [1.29, 1.82) is 0 Å². The van der Waals surface area contributed by atoms with Gasteiger partial charge in [0.15, 0.2) is 0 Å². The van der Waals surface area contributed by atoms with Crippen LogP contribution < -0.4 is 22.9 Å². The Kier molecular flexibility index (Phi) is 1.82. The number of anilines is 1. The Labute approximate surface area is 65.2 Å². The molecule has 0 aliphatic rings. The first kappa shape index (κ1) is 8.00. The van der Waals surface area contributed by atoms with Gasteiger partial charge in [0.25, 0.3) is 0 Å². The first-order valence-corrected chi connectivity index (χ1v) is 3.23. The van der Waals surface area contributed by atoms with Crippen LogP contribution in [0.4, 0.5) is 5.69 Å². The van der Waals surface area contributed by atoms with Crippen LogP contribution in [0.2, 0.25) is 0 Å². The van der Waals surface area contributed by atoms with E-state index in [1.54, 1.807) is 24.3 Å². The summed E-state index contributed by atoms with van der Waals surface area (Å²) in [6, 6.07) is 6.99. The lowest BCUT2D eigenvalue weighted by Gasteiger charge is -2.20. The van der Waals surface area contributed by atoms with Crippen LogP contribution in [0.15, 0.2) is 24.3 Å². The lowest BCUT2D eigenvalue weighted by Crippen LogP contribution is -2.54. The highest BCUT2D eigenvalue weighted by Crippen LogP contribution is 2.14. The van der Waals surface area contributed by atoms with Crippen molar-refractivity contribution in [1.82, 2.24) is 0 Å². The molecule has 0 heterocycles. The standard InChI is InChI=1S/C7H12N4/c8-6-4-2-1-3-5(6)7(9,10)11/h1-4H,8-11H2. The smallest absolute Gasteiger partial charge is 0.144 e. The van der Waals surface area contributed by atoms with Crippen LogP contribution in [0.25, 0.3) is 0 Å². The van der Waals surface area contributed by atoms with Gasteiger partial charge < -0.3 is 5.73 Å². The number of para-hydroxylation sites is 1. The van der Waals surface area contributed by atoms with Crippen LogP contribution in [0, 0.1) is 0 Å². The molecule has 0 bridgehead atoms. The molecule has 0 saturated carbocycles. The Bertz CT molecular complexity index is 251. The molecule has 0 aliphatic carbocycles. The van der Waals surface area contributed by atoms with Crippen molar-refractivity contribution in [3.05, 3.63) is 29.8 Å². The molecule has 0 radical (unpaired) electrons. The summed E-state index contributed by atoms with van der Waals surface area (Å²) in [5.74, 6) is -1.34. The Morgan fingerprint density at radius 1 is 1.00 bits per heavy atom. The predicted octanol–water partition coefficient (Wildman–Crippen LogP) is -0.745. The summed E-state index contributed by atoms with van der Waals surface area (Å²) in [6.07, 6.45) is 0. The molecule has 0 saturated heterocycles. The first-order valence-electron chi connectivity index (χ1n) is 3.23. The number of nitrogens with two attached hydrogens (primary N) is 4. The van der Waals surface area contributed by atoms with Gasteiger partial charge >= 0.3 is 0 Å². The van der Waals surface area contributed by atoms with Crippen molar-refractivity contribution < 1.29 is 0 Å². The van der Waals surface area contributed by atoms with E-state index in [4.69, 9.17) is 22.9 Å². The van der Waals surface area contributed by atoms with E-state index in [-0.39, 0.29) is 0 Å². The Hall–Kier alpha value is -1.10. The van der Waals surface area contributed by atoms with Crippen molar-refractivity contribution in [3.63, 3.8) is 0 Å². The van der Waals surface area contributed by atoms with Crippen molar-refractivity contribution in [3.8, 4) is 0 Å². The molecule has 4 nitrogen and oxygen atoms in total. The molecular formula is C7H12N4. The fraction of sp³-hybridized carbons (Fsp3) is 0.143. The zero-order valence-electron chi connectivity index (χ0n) is 6.12. The molecule has 1 aromatic rings. The second kappa shape index (κ2) is 2.50. The largest absolute Gasteiger partial charge is 0.398 e. The van der Waals surface area contributed by atoms with E-state index in [0.29, 0.717) is 11.3 Å². The predicted molar refractivity (Wildman–Crippen MR) is 45.1 cm³/mol. The highest BCUT2D eigenvalue weighted by Gasteiger charge is 2.16. The number of hydrogen-bond donors (Lipinski definition) is 4. The fourth-order valence-corrected chi connectivity index (χ4v) is 0.891. The number of benzene rings is 1. The SMILES string of the molecule is Nc1ccccc1C(N)(N)N. The van der Waals surface area contributed by atoms with Crippen LogP contribution in [0.3, 0.4) is 0 Å². The third-order valence-corrected chi connectivity index (χ3v) is 1.43. The normalized spacial score (nSPS) is 11.5. The summed E-state index contributed by atoms with van der Waals surface area (Å²) in [5.41, 5.74) is 22.9. The van der Waals surface area contributed by atoms with Crippen LogP contribution in [-0.2, 0) is 5.79 Å². The maximum atomic E-state index is 5.57. The topological polar surface area (TPSA) is 104 Å². The minimum Gasteiger partial charge on any atom is -0.398 e. The van der Waals surface area contributed by atoms with Gasteiger partial charge in [0.1, 0.15) is 5.79 Å². The third kappa shape index (κ3) is 1.68. The zero-order chi connectivity index (χ0) is 8.48. The van der Waals surface area contributed by atoms with Gasteiger partial charge in [0.05, 0.1) is 0 Å². The molecule has 0 amide bonds. The second-order valence-electron chi connectivity index (χ2n) is 2.52. The molecule has 0 aromatic heterocycles. The molecule has 1 rings (SSSR count). The van der Waals surface area contributed by atoms with E-state index in [0.717, 1.165) is 0 Å². The van der Waals surface area contributed by atoms with E-state index in [1.807, 2.05) is 0 Å². The zero-order valence-corrected chi connectivity index (χ0v) is 6.12. The Morgan fingerprint density at radius 2 is 1.55 bits per heavy atom. The van der Waals surface area contributed by atoms with Gasteiger partial charge in [-0.15, -0.1) is 0 Å². The molecule has 0 fully saturated rings. The van der Waals surface area contributed by atoms with Crippen LogP contribution >= 0.6 is 0 Å². The first-order chi connectivity index (χ1) is 5.02. The summed E-state index contributed by atoms with van der Waals surface area (Å²) in [6.45, 7) is 0. The van der Waals surface area contributed by atoms with E-state index in [9.17, 15) is 0 Å². The molecule has 11 heavy (non-hydrogen) atoms. The Balaban J connectivity index is 3.14. The maximum Gasteiger partial charge on any atom is 0.144 e. The van der Waals surface area contributed by atoms with Crippen LogP contribution in [-0.4, -0.2) is 0 Å². The van der Waals surface area contributed by atoms with E-state index >= 15 is 0 Å². The van der Waals surface area contributed by atoms with Gasteiger partial charge in [-0.1, -0.05) is 18.2 Å². The lowest BCUT2D eigenvalue weighted by atomic mass is 10.1. The third-order valence-electron chi connectivity index (χ3n) is 1.43. The van der Waals surface area contributed by atoms with Crippen molar-refractivity contribution in [2.24, 2.45) is 17.2 Å². The lowest BCUT2D eigenvalue weighted by molar-refractivity contribution is 0.490. The molecule has 1 aromatic carbocycles. The molecule has 0 atom stereocenters. The molecule has 0 spiro atoms. The molecule has 60 valence electrons. The maximum absolute atomic E-state index is 5.57. The summed E-state index contributed by atoms with van der Waals surface area (Å²) in [4.78, 5) is 0. The van der Waals surface area contributed by atoms with E-state index in [2.05, 4.69) is 0 Å². The van der Waals surface area contributed by atoms with Crippen LogP contribution in [0.5, 0.6) is 0 Å². The minimum atomic E-state index is -1.34. The fourth-order valence-electron chi connectivity index (χ4n) is 0.891. The Morgan fingerprint density at radius 3 is 1.91 bits per heavy atom. The minimum absolute atomic E-state index is 0.514. The second-order valence-corrected chi connectivity index (χ2v) is 2.52. The number of nitrogen functional groups attached to an aromatic ring is 1. The van der Waals surface area contributed by atoms with Crippen molar-refractivity contribution in [2.45, 2.75) is 5.79 Å². The highest BCUT2D eigenvalue weighted by molar-refractivity contribution is 5.49. The number of hydrogen-bond acceptors (Lipinski definition) is 4. The monoisotopic (exact) mass is 152 g/mol. The quantitative estimate of drug-likeness (QED) is 0.314. The average molecular weight is 152 g/mol. The summed E-state index contributed by atoms with van der Waals surface area (Å²) in [5, 5.41) is 0. The summed E-state index contributed by atoms with van der Waals surface area (Å²) >= 11 is 0. The van der Waals surface area contributed by atoms with Gasteiger partial charge in [-0.3, -0.25) is 17.2 Å². The van der Waals surface area contributed by atoms with Gasteiger partial charge in [0, 0.05) is 11.3 Å². The molecule has 0 unspecified atom stereocenters. The summed E-state index contributed by atoms with van der Waals surface area (Å²) in [7, 11) is 0. The van der Waals surface area contributed by atoms with Gasteiger partial charge in [0.2, 0.25) is 0 Å². The molecule has 0 aliphatic heterocycles. The van der Waals surface area contributed by atoms with Crippen molar-refractivity contribution >= 4 is 5.69 Å². The highest BCUT2D eigenvalue weighted by atomic mass is 15.1. The van der Waals surface area contributed by atoms with Gasteiger partial charge in [-0.05, 0) is 6.07 Å². The van der Waals surface area contributed by atoms with Crippen molar-refractivity contribution in [2.75, 3.05) is 5.73 Å². The molecule has 8 N–H and O–H groups in total. The molecular weight excluding hydrogens is 140 g/mol. The van der Waals surface area contributed by atoms with E-state index in [1.165, 1.54) is 0 Å². The molecule has 4 heteroatoms. The van der Waals surface area contributed by atoms with Crippen LogP contribution in [0.1, 0.15) is 5.56 Å². The van der Waals surface area contributed by atoms with Gasteiger partial charge in [-0.2, -0.15) is 0 Å². The average Bonchev–Trinajstić information content (AvgIpc) is 1.86. The van der Waals surface area contributed by atoms with E-state index < -0.39 is 5.79 Å².